The van der Waals surface area contributed by atoms with E-state index < -0.39 is 17.8 Å². The first-order chi connectivity index (χ1) is 10.9. The van der Waals surface area contributed by atoms with E-state index in [-0.39, 0.29) is 5.69 Å². The second kappa shape index (κ2) is 7.32. The van der Waals surface area contributed by atoms with E-state index in [0.29, 0.717) is 0 Å². The lowest BCUT2D eigenvalue weighted by Gasteiger charge is -2.13. The van der Waals surface area contributed by atoms with E-state index in [4.69, 9.17) is 0 Å². The first kappa shape index (κ1) is 17.1. The maximum atomic E-state index is 12.8. The fraction of sp³-hybridized carbons (Fsp3) is 0.0625. The number of benzene rings is 2. The summed E-state index contributed by atoms with van der Waals surface area (Å²) in [6, 6.07) is 11.3. The number of anilines is 1. The van der Waals surface area contributed by atoms with Gasteiger partial charge in [-0.15, -0.1) is 0 Å². The van der Waals surface area contributed by atoms with Crippen LogP contribution in [-0.4, -0.2) is 6.03 Å². The van der Waals surface area contributed by atoms with Gasteiger partial charge in [0.2, 0.25) is 0 Å². The predicted molar refractivity (Wildman–Crippen MR) is 86.8 cm³/mol. The molecule has 0 unspecified atom stereocenters. The van der Waals surface area contributed by atoms with E-state index in [0.717, 1.165) is 16.1 Å². The lowest BCUT2D eigenvalue weighted by atomic mass is 10.1. The summed E-state index contributed by atoms with van der Waals surface area (Å²) in [6.45, 7) is 0. The summed E-state index contributed by atoms with van der Waals surface area (Å²) in [5, 5.41) is 4.55. The second-order valence-electron chi connectivity index (χ2n) is 4.53. The van der Waals surface area contributed by atoms with Crippen LogP contribution >= 0.6 is 15.9 Å². The van der Waals surface area contributed by atoms with Crippen LogP contribution in [0.1, 0.15) is 11.1 Å². The number of amides is 2. The van der Waals surface area contributed by atoms with Gasteiger partial charge >= 0.3 is 12.2 Å². The first-order valence-corrected chi connectivity index (χ1v) is 7.31. The Balaban J connectivity index is 1.99. The molecule has 0 bridgehead atoms. The third-order valence-corrected chi connectivity index (χ3v) is 3.37. The molecule has 0 fully saturated rings. The molecule has 2 rings (SSSR count). The average Bonchev–Trinajstić information content (AvgIpc) is 2.49. The van der Waals surface area contributed by atoms with Crippen LogP contribution in [0, 0.1) is 0 Å². The number of carbonyl (C=O) groups is 1. The van der Waals surface area contributed by atoms with Gasteiger partial charge in [0.25, 0.3) is 0 Å². The number of alkyl halides is 3. The SMILES string of the molecule is O=C(N/C=C/c1ccc(Br)cc1)Nc1ccccc1C(F)(F)F. The monoisotopic (exact) mass is 384 g/mol. The van der Waals surface area contributed by atoms with Gasteiger partial charge in [-0.25, -0.2) is 4.79 Å². The highest BCUT2D eigenvalue weighted by Gasteiger charge is 2.33. The molecule has 120 valence electrons. The van der Waals surface area contributed by atoms with Crippen LogP contribution in [0.4, 0.5) is 23.7 Å². The molecule has 0 aliphatic heterocycles. The quantitative estimate of drug-likeness (QED) is 0.744. The van der Waals surface area contributed by atoms with Crippen molar-refractivity contribution >= 4 is 33.7 Å². The minimum Gasteiger partial charge on any atom is -0.314 e. The van der Waals surface area contributed by atoms with Crippen molar-refractivity contribution in [3.05, 3.63) is 70.3 Å². The van der Waals surface area contributed by atoms with Gasteiger partial charge in [0.1, 0.15) is 0 Å². The third kappa shape index (κ3) is 5.14. The molecule has 2 N–H and O–H groups in total. The molecule has 0 aliphatic carbocycles. The van der Waals surface area contributed by atoms with Gasteiger partial charge in [0.15, 0.2) is 0 Å². The van der Waals surface area contributed by atoms with Crippen molar-refractivity contribution in [2.24, 2.45) is 0 Å². The average molecular weight is 385 g/mol. The van der Waals surface area contributed by atoms with Gasteiger partial charge in [-0.3, -0.25) is 0 Å². The number of carbonyl (C=O) groups excluding carboxylic acids is 1. The molecule has 0 aromatic heterocycles. The predicted octanol–water partition coefficient (Wildman–Crippen LogP) is 5.26. The van der Waals surface area contributed by atoms with Crippen LogP contribution in [0.15, 0.2) is 59.2 Å². The van der Waals surface area contributed by atoms with Gasteiger partial charge in [-0.05, 0) is 35.9 Å². The van der Waals surface area contributed by atoms with Crippen molar-refractivity contribution in [1.29, 1.82) is 0 Å². The molecular formula is C16H12BrF3N2O. The zero-order chi connectivity index (χ0) is 16.9. The lowest BCUT2D eigenvalue weighted by Crippen LogP contribution is -2.25. The molecule has 2 aromatic rings. The molecule has 0 saturated heterocycles. The summed E-state index contributed by atoms with van der Waals surface area (Å²) in [5.74, 6) is 0. The first-order valence-electron chi connectivity index (χ1n) is 6.52. The fourth-order valence-corrected chi connectivity index (χ4v) is 2.05. The van der Waals surface area contributed by atoms with Crippen LogP contribution in [0.3, 0.4) is 0 Å². The Morgan fingerprint density at radius 1 is 1.04 bits per heavy atom. The van der Waals surface area contributed by atoms with Gasteiger partial charge in [0.05, 0.1) is 11.3 Å². The van der Waals surface area contributed by atoms with Crippen LogP contribution < -0.4 is 10.6 Å². The summed E-state index contributed by atoms with van der Waals surface area (Å²) in [7, 11) is 0. The van der Waals surface area contributed by atoms with Gasteiger partial charge in [-0.1, -0.05) is 40.2 Å². The van der Waals surface area contributed by atoms with Crippen LogP contribution in [-0.2, 0) is 6.18 Å². The molecule has 2 aromatic carbocycles. The zero-order valence-corrected chi connectivity index (χ0v) is 13.3. The number of hydrogen-bond donors (Lipinski definition) is 2. The number of nitrogens with one attached hydrogen (secondary N) is 2. The van der Waals surface area contributed by atoms with E-state index >= 15 is 0 Å². The standard InChI is InChI=1S/C16H12BrF3N2O/c17-12-7-5-11(6-8-12)9-10-21-15(23)22-14-4-2-1-3-13(14)16(18,19)20/h1-10H,(H2,21,22,23)/b10-9+. The summed E-state index contributed by atoms with van der Waals surface area (Å²) in [5.41, 5.74) is -0.356. The molecular weight excluding hydrogens is 373 g/mol. The lowest BCUT2D eigenvalue weighted by molar-refractivity contribution is -0.136. The smallest absolute Gasteiger partial charge is 0.314 e. The van der Waals surface area contributed by atoms with Gasteiger partial charge in [0, 0.05) is 10.7 Å². The highest BCUT2D eigenvalue weighted by atomic mass is 79.9. The van der Waals surface area contributed by atoms with E-state index in [2.05, 4.69) is 26.6 Å². The number of halogens is 4. The summed E-state index contributed by atoms with van der Waals surface area (Å²) >= 11 is 3.30. The fourth-order valence-electron chi connectivity index (χ4n) is 1.79. The molecule has 0 saturated carbocycles. The third-order valence-electron chi connectivity index (χ3n) is 2.84. The van der Waals surface area contributed by atoms with Crippen molar-refractivity contribution in [3.8, 4) is 0 Å². The number of para-hydroxylation sites is 1. The topological polar surface area (TPSA) is 41.1 Å². The maximum Gasteiger partial charge on any atom is 0.418 e. The maximum absolute atomic E-state index is 12.8. The van der Waals surface area contributed by atoms with E-state index in [1.807, 2.05) is 24.3 Å². The Labute approximate surface area is 139 Å². The van der Waals surface area contributed by atoms with E-state index in [1.54, 1.807) is 6.08 Å². The molecule has 2 amide bonds. The van der Waals surface area contributed by atoms with Crippen LogP contribution in [0.5, 0.6) is 0 Å². The van der Waals surface area contributed by atoms with Crippen molar-refractivity contribution in [2.75, 3.05) is 5.32 Å². The minimum absolute atomic E-state index is 0.297. The Morgan fingerprint density at radius 2 is 1.70 bits per heavy atom. The van der Waals surface area contributed by atoms with E-state index in [9.17, 15) is 18.0 Å². The second-order valence-corrected chi connectivity index (χ2v) is 5.44. The van der Waals surface area contributed by atoms with Crippen molar-refractivity contribution in [1.82, 2.24) is 5.32 Å². The molecule has 7 heteroatoms. The molecule has 0 aliphatic rings. The number of rotatable bonds is 3. The summed E-state index contributed by atoms with van der Waals surface area (Å²) < 4.78 is 39.4. The molecule has 0 heterocycles. The zero-order valence-electron chi connectivity index (χ0n) is 11.7. The number of urea groups is 1. The van der Waals surface area contributed by atoms with Crippen molar-refractivity contribution < 1.29 is 18.0 Å². The largest absolute Gasteiger partial charge is 0.418 e. The van der Waals surface area contributed by atoms with Gasteiger partial charge in [-0.2, -0.15) is 13.2 Å². The van der Waals surface area contributed by atoms with Gasteiger partial charge < -0.3 is 10.6 Å². The summed E-state index contributed by atoms with van der Waals surface area (Å²) in [4.78, 5) is 11.7. The molecule has 0 atom stereocenters. The van der Waals surface area contributed by atoms with Crippen molar-refractivity contribution in [2.45, 2.75) is 6.18 Å². The Morgan fingerprint density at radius 3 is 2.35 bits per heavy atom. The minimum atomic E-state index is -4.53. The normalized spacial score (nSPS) is 11.5. The summed E-state index contributed by atoms with van der Waals surface area (Å²) in [6.07, 6.45) is -1.55. The molecule has 0 radical (unpaired) electrons. The highest BCUT2D eigenvalue weighted by Crippen LogP contribution is 2.34. The molecule has 3 nitrogen and oxygen atoms in total. The van der Waals surface area contributed by atoms with Crippen LogP contribution in [0.25, 0.3) is 6.08 Å². The molecule has 23 heavy (non-hydrogen) atoms. The van der Waals surface area contributed by atoms with E-state index in [1.165, 1.54) is 24.4 Å². The Hall–Kier alpha value is -2.28. The Kier molecular flexibility index (Phi) is 5.44. The van der Waals surface area contributed by atoms with Crippen LogP contribution in [0.2, 0.25) is 0 Å². The molecule has 0 spiro atoms. The Bertz CT molecular complexity index is 712. The number of hydrogen-bond acceptors (Lipinski definition) is 1. The highest BCUT2D eigenvalue weighted by molar-refractivity contribution is 9.10. The van der Waals surface area contributed by atoms with Crippen molar-refractivity contribution in [3.63, 3.8) is 0 Å².